The van der Waals surface area contributed by atoms with Gasteiger partial charge in [0.1, 0.15) is 6.23 Å². The third-order valence-corrected chi connectivity index (χ3v) is 7.28. The Balaban J connectivity index is 1.93. The van der Waals surface area contributed by atoms with Gasteiger partial charge < -0.3 is 20.0 Å². The first kappa shape index (κ1) is 17.9. The summed E-state index contributed by atoms with van der Waals surface area (Å²) in [7, 11) is 0. The second kappa shape index (κ2) is 5.76. The van der Waals surface area contributed by atoms with E-state index in [-0.39, 0.29) is 11.9 Å². The standard InChI is InChI=1S/C25H20N4O3/c1-2-13-20(26)25(32)29-15-10-6-4-8-12(15)17-19-18(23(30)27-24(19)31)16-11-7-3-5-9-14(11)28(13)21(16)22(17)29/h3-10,13,20,25,32H,2,26H2,1H3,(H,27,30,31)/t13?,20-,25+/m1/s1. The molecule has 7 nitrogen and oxygen atoms in total. The second-order valence-electron chi connectivity index (χ2n) is 8.72. The summed E-state index contributed by atoms with van der Waals surface area (Å²) < 4.78 is 4.04. The van der Waals surface area contributed by atoms with Gasteiger partial charge in [0, 0.05) is 27.1 Å². The van der Waals surface area contributed by atoms with Gasteiger partial charge in [0.15, 0.2) is 0 Å². The van der Waals surface area contributed by atoms with E-state index in [0.717, 1.165) is 38.2 Å². The molecule has 2 amide bonds. The van der Waals surface area contributed by atoms with Crippen molar-refractivity contribution in [3.63, 3.8) is 0 Å². The first-order valence-corrected chi connectivity index (χ1v) is 10.8. The lowest BCUT2D eigenvalue weighted by Gasteiger charge is -2.28. The predicted octanol–water partition coefficient (Wildman–Crippen LogP) is 3.57. The predicted molar refractivity (Wildman–Crippen MR) is 123 cm³/mol. The van der Waals surface area contributed by atoms with Crippen molar-refractivity contribution >= 4 is 55.4 Å². The number of aliphatic hydroxyl groups is 1. The zero-order chi connectivity index (χ0) is 21.9. The molecule has 0 spiro atoms. The van der Waals surface area contributed by atoms with Crippen molar-refractivity contribution in [3.05, 3.63) is 59.7 Å². The highest BCUT2D eigenvalue weighted by molar-refractivity contribution is 6.39. The van der Waals surface area contributed by atoms with Crippen LogP contribution in [-0.4, -0.2) is 32.1 Å². The van der Waals surface area contributed by atoms with Crippen LogP contribution in [-0.2, 0) is 0 Å². The number of nitrogens with one attached hydrogen (secondary N) is 1. The summed E-state index contributed by atoms with van der Waals surface area (Å²) in [5, 5.41) is 17.2. The molecule has 2 aliphatic heterocycles. The van der Waals surface area contributed by atoms with E-state index < -0.39 is 18.2 Å². The molecule has 7 heteroatoms. The molecule has 1 unspecified atom stereocenters. The lowest BCUT2D eigenvalue weighted by atomic mass is 9.96. The fourth-order valence-corrected chi connectivity index (χ4v) is 6.05. The minimum atomic E-state index is -0.984. The Bertz CT molecular complexity index is 1680. The first-order chi connectivity index (χ1) is 15.5. The monoisotopic (exact) mass is 424 g/mol. The van der Waals surface area contributed by atoms with E-state index in [2.05, 4.69) is 16.8 Å². The Hall–Kier alpha value is -3.68. The van der Waals surface area contributed by atoms with Crippen LogP contribution < -0.4 is 11.1 Å². The van der Waals surface area contributed by atoms with Gasteiger partial charge in [-0.25, -0.2) is 0 Å². The highest BCUT2D eigenvalue weighted by atomic mass is 16.3. The van der Waals surface area contributed by atoms with Crippen molar-refractivity contribution in [1.82, 2.24) is 14.5 Å². The third-order valence-electron chi connectivity index (χ3n) is 7.28. The molecule has 0 fully saturated rings. The summed E-state index contributed by atoms with van der Waals surface area (Å²) in [5.74, 6) is -0.782. The fraction of sp³-hybridized carbons (Fsp3) is 0.200. The highest BCUT2D eigenvalue weighted by Crippen LogP contribution is 2.49. The van der Waals surface area contributed by atoms with Crippen LogP contribution in [0.1, 0.15) is 46.3 Å². The normalized spacial score (nSPS) is 22.4. The molecule has 0 aliphatic carbocycles. The SMILES string of the molecule is CCC1[C@@H](N)[C@H](O)n2c3ccccc3c3c4c(c5c6ccccc6n1c5c32)C(=O)NC4=O. The molecule has 4 heterocycles. The number of rotatable bonds is 1. The largest absolute Gasteiger partial charge is 0.371 e. The van der Waals surface area contributed by atoms with Crippen LogP contribution in [0.4, 0.5) is 0 Å². The average molecular weight is 424 g/mol. The van der Waals surface area contributed by atoms with Crippen LogP contribution in [0.3, 0.4) is 0 Å². The molecule has 0 radical (unpaired) electrons. The number of nitrogens with zero attached hydrogens (tertiary/aromatic N) is 2. The number of imide groups is 1. The third kappa shape index (κ3) is 1.82. The lowest BCUT2D eigenvalue weighted by molar-refractivity contribution is 0.0655. The maximum absolute atomic E-state index is 13.1. The number of para-hydroxylation sites is 2. The summed E-state index contributed by atoms with van der Waals surface area (Å²) in [5.41, 5.74) is 10.8. The molecule has 2 aliphatic rings. The average Bonchev–Trinajstić information content (AvgIpc) is 3.39. The molecule has 158 valence electrons. The molecular weight excluding hydrogens is 404 g/mol. The number of carbonyl (C=O) groups excluding carboxylic acids is 2. The Kier molecular flexibility index (Phi) is 3.23. The molecular formula is C25H20N4O3. The zero-order valence-electron chi connectivity index (χ0n) is 17.3. The topological polar surface area (TPSA) is 102 Å². The number of amides is 2. The van der Waals surface area contributed by atoms with E-state index in [9.17, 15) is 14.7 Å². The fourth-order valence-electron chi connectivity index (χ4n) is 6.05. The van der Waals surface area contributed by atoms with Crippen LogP contribution in [0.15, 0.2) is 48.5 Å². The first-order valence-electron chi connectivity index (χ1n) is 10.8. The Morgan fingerprint density at radius 3 is 1.94 bits per heavy atom. The van der Waals surface area contributed by atoms with Gasteiger partial charge in [-0.3, -0.25) is 14.9 Å². The van der Waals surface area contributed by atoms with Crippen molar-refractivity contribution in [2.24, 2.45) is 5.73 Å². The zero-order valence-corrected chi connectivity index (χ0v) is 17.3. The van der Waals surface area contributed by atoms with Crippen LogP contribution in [0.5, 0.6) is 0 Å². The van der Waals surface area contributed by atoms with Crippen molar-refractivity contribution < 1.29 is 14.7 Å². The van der Waals surface area contributed by atoms with Gasteiger partial charge in [-0.05, 0) is 18.6 Å². The minimum Gasteiger partial charge on any atom is -0.371 e. The molecule has 3 aromatic carbocycles. The Labute approximate surface area is 182 Å². The Morgan fingerprint density at radius 1 is 0.875 bits per heavy atom. The number of carbonyl (C=O) groups is 2. The van der Waals surface area contributed by atoms with Gasteiger partial charge in [-0.1, -0.05) is 43.3 Å². The van der Waals surface area contributed by atoms with Crippen LogP contribution in [0, 0.1) is 0 Å². The van der Waals surface area contributed by atoms with Gasteiger partial charge in [-0.2, -0.15) is 0 Å². The molecule has 3 atom stereocenters. The second-order valence-corrected chi connectivity index (χ2v) is 8.72. The van der Waals surface area contributed by atoms with Gasteiger partial charge >= 0.3 is 0 Å². The number of benzene rings is 3. The van der Waals surface area contributed by atoms with Gasteiger partial charge in [0.25, 0.3) is 11.8 Å². The van der Waals surface area contributed by atoms with E-state index in [1.807, 2.05) is 53.1 Å². The van der Waals surface area contributed by atoms with Crippen LogP contribution >= 0.6 is 0 Å². The number of fused-ring (bicyclic) bond motifs is 9. The van der Waals surface area contributed by atoms with Gasteiger partial charge in [0.05, 0.1) is 39.8 Å². The molecule has 4 N–H and O–H groups in total. The van der Waals surface area contributed by atoms with Gasteiger partial charge in [-0.15, -0.1) is 0 Å². The van der Waals surface area contributed by atoms with E-state index in [1.54, 1.807) is 0 Å². The van der Waals surface area contributed by atoms with E-state index >= 15 is 0 Å². The molecule has 2 aromatic heterocycles. The van der Waals surface area contributed by atoms with Gasteiger partial charge in [0.2, 0.25) is 0 Å². The molecule has 0 bridgehead atoms. The summed E-state index contributed by atoms with van der Waals surface area (Å²) >= 11 is 0. The lowest BCUT2D eigenvalue weighted by Crippen LogP contribution is -2.38. The van der Waals surface area contributed by atoms with E-state index in [1.165, 1.54) is 0 Å². The van der Waals surface area contributed by atoms with Crippen molar-refractivity contribution in [1.29, 1.82) is 0 Å². The number of aromatic nitrogens is 2. The summed E-state index contributed by atoms with van der Waals surface area (Å²) in [6.07, 6.45) is -0.277. The maximum Gasteiger partial charge on any atom is 0.259 e. The summed E-state index contributed by atoms with van der Waals surface area (Å²) in [6.45, 7) is 2.05. The van der Waals surface area contributed by atoms with E-state index in [0.29, 0.717) is 22.9 Å². The number of hydrogen-bond acceptors (Lipinski definition) is 4. The minimum absolute atomic E-state index is 0.188. The maximum atomic E-state index is 13.1. The van der Waals surface area contributed by atoms with E-state index in [4.69, 9.17) is 5.73 Å². The number of hydrogen-bond donors (Lipinski definition) is 3. The van der Waals surface area contributed by atoms with Crippen molar-refractivity contribution in [3.8, 4) is 0 Å². The highest BCUT2D eigenvalue weighted by Gasteiger charge is 2.41. The summed E-state index contributed by atoms with van der Waals surface area (Å²) in [4.78, 5) is 26.2. The summed E-state index contributed by atoms with van der Waals surface area (Å²) in [6, 6.07) is 14.8. The quantitative estimate of drug-likeness (QED) is 0.358. The molecule has 5 aromatic rings. The molecule has 0 saturated carbocycles. The molecule has 0 saturated heterocycles. The van der Waals surface area contributed by atoms with Crippen LogP contribution in [0.25, 0.3) is 43.6 Å². The van der Waals surface area contributed by atoms with Crippen LogP contribution in [0.2, 0.25) is 0 Å². The number of nitrogens with two attached hydrogens (primary N) is 1. The van der Waals surface area contributed by atoms with Crippen molar-refractivity contribution in [2.75, 3.05) is 0 Å². The molecule has 32 heavy (non-hydrogen) atoms. The van der Waals surface area contributed by atoms with Crippen molar-refractivity contribution in [2.45, 2.75) is 31.7 Å². The smallest absolute Gasteiger partial charge is 0.259 e. The molecule has 7 rings (SSSR count). The number of aliphatic hydroxyl groups excluding tert-OH is 1. The Morgan fingerprint density at radius 2 is 1.38 bits per heavy atom.